The molecule has 2 aliphatic rings. The summed E-state index contributed by atoms with van der Waals surface area (Å²) < 4.78 is 0. The number of amides is 1. The van der Waals surface area contributed by atoms with E-state index in [0.29, 0.717) is 17.0 Å². The zero-order chi connectivity index (χ0) is 14.4. The molecule has 2 fully saturated rings. The molecule has 2 aliphatic heterocycles. The van der Waals surface area contributed by atoms with Gasteiger partial charge in [-0.3, -0.25) is 9.59 Å². The van der Waals surface area contributed by atoms with Crippen LogP contribution in [0.5, 0.6) is 0 Å². The second kappa shape index (κ2) is 4.77. The SMILES string of the molecule is Cc1ccc(Cl)cc1C(=O)N1C2CCC1C(C(=O)O)C2. The van der Waals surface area contributed by atoms with E-state index < -0.39 is 11.9 Å². The number of hydrogen-bond donors (Lipinski definition) is 1. The molecule has 3 unspecified atom stereocenters. The van der Waals surface area contributed by atoms with Crippen molar-refractivity contribution in [1.82, 2.24) is 4.90 Å². The summed E-state index contributed by atoms with van der Waals surface area (Å²) >= 11 is 5.97. The number of aliphatic carboxylic acids is 1. The third-order valence-electron chi connectivity index (χ3n) is 4.52. The first-order valence-electron chi connectivity index (χ1n) is 6.80. The molecule has 1 aromatic carbocycles. The van der Waals surface area contributed by atoms with Gasteiger partial charge in [-0.25, -0.2) is 0 Å². The molecule has 1 aromatic rings. The Labute approximate surface area is 122 Å². The second-order valence-electron chi connectivity index (χ2n) is 5.65. The van der Waals surface area contributed by atoms with Gasteiger partial charge in [0.05, 0.1) is 5.92 Å². The van der Waals surface area contributed by atoms with Gasteiger partial charge >= 0.3 is 5.97 Å². The van der Waals surface area contributed by atoms with Crippen molar-refractivity contribution in [1.29, 1.82) is 0 Å². The van der Waals surface area contributed by atoms with Crippen LogP contribution < -0.4 is 0 Å². The van der Waals surface area contributed by atoms with Crippen molar-refractivity contribution in [2.75, 3.05) is 0 Å². The molecule has 3 atom stereocenters. The summed E-state index contributed by atoms with van der Waals surface area (Å²) in [6, 6.07) is 5.15. The molecule has 3 rings (SSSR count). The molecule has 20 heavy (non-hydrogen) atoms. The number of nitrogens with zero attached hydrogens (tertiary/aromatic N) is 1. The normalized spacial score (nSPS) is 27.9. The monoisotopic (exact) mass is 293 g/mol. The summed E-state index contributed by atoms with van der Waals surface area (Å²) in [4.78, 5) is 25.8. The number of rotatable bonds is 2. The molecule has 2 heterocycles. The van der Waals surface area contributed by atoms with Gasteiger partial charge in [0.1, 0.15) is 0 Å². The van der Waals surface area contributed by atoms with Crippen LogP contribution in [-0.4, -0.2) is 34.0 Å². The number of fused-ring (bicyclic) bond motifs is 2. The van der Waals surface area contributed by atoms with Crippen LogP contribution in [0.3, 0.4) is 0 Å². The molecule has 2 bridgehead atoms. The highest BCUT2D eigenvalue weighted by Gasteiger charge is 2.51. The first-order chi connectivity index (χ1) is 9.49. The van der Waals surface area contributed by atoms with Crippen molar-refractivity contribution in [2.24, 2.45) is 5.92 Å². The molecular weight excluding hydrogens is 278 g/mol. The Morgan fingerprint density at radius 1 is 1.35 bits per heavy atom. The van der Waals surface area contributed by atoms with Crippen molar-refractivity contribution >= 4 is 23.5 Å². The highest BCUT2D eigenvalue weighted by atomic mass is 35.5. The molecule has 1 N–H and O–H groups in total. The molecule has 4 nitrogen and oxygen atoms in total. The number of aryl methyl sites for hydroxylation is 1. The molecule has 0 aromatic heterocycles. The summed E-state index contributed by atoms with van der Waals surface area (Å²) in [7, 11) is 0. The fourth-order valence-corrected chi connectivity index (χ4v) is 3.71. The largest absolute Gasteiger partial charge is 0.481 e. The van der Waals surface area contributed by atoms with Gasteiger partial charge in [-0.05, 0) is 43.9 Å². The maximum atomic E-state index is 12.7. The van der Waals surface area contributed by atoms with Crippen LogP contribution in [-0.2, 0) is 4.79 Å². The Hall–Kier alpha value is -1.55. The minimum atomic E-state index is -0.794. The molecule has 0 aliphatic carbocycles. The van der Waals surface area contributed by atoms with Crippen molar-refractivity contribution < 1.29 is 14.7 Å². The molecule has 0 spiro atoms. The van der Waals surface area contributed by atoms with E-state index in [2.05, 4.69) is 0 Å². The second-order valence-corrected chi connectivity index (χ2v) is 6.09. The smallest absolute Gasteiger partial charge is 0.308 e. The summed E-state index contributed by atoms with van der Waals surface area (Å²) in [6.45, 7) is 1.87. The summed E-state index contributed by atoms with van der Waals surface area (Å²) in [6.07, 6.45) is 2.26. The van der Waals surface area contributed by atoms with E-state index in [4.69, 9.17) is 11.6 Å². The zero-order valence-electron chi connectivity index (χ0n) is 11.2. The van der Waals surface area contributed by atoms with Gasteiger partial charge in [-0.1, -0.05) is 17.7 Å². The third-order valence-corrected chi connectivity index (χ3v) is 4.75. The van der Waals surface area contributed by atoms with Gasteiger partial charge in [0.25, 0.3) is 5.91 Å². The average Bonchev–Trinajstić information content (AvgIpc) is 2.98. The van der Waals surface area contributed by atoms with Crippen molar-refractivity contribution in [3.05, 3.63) is 34.3 Å². The van der Waals surface area contributed by atoms with Crippen LogP contribution in [0.1, 0.15) is 35.2 Å². The zero-order valence-corrected chi connectivity index (χ0v) is 11.9. The number of benzene rings is 1. The summed E-state index contributed by atoms with van der Waals surface area (Å²) in [5, 5.41) is 9.77. The van der Waals surface area contributed by atoms with Crippen LogP contribution >= 0.6 is 11.6 Å². The standard InChI is InChI=1S/C15H16ClNO3/c1-8-2-3-9(16)6-11(8)14(18)17-10-4-5-13(17)12(7-10)15(19)20/h2-3,6,10,12-13H,4-5,7H2,1H3,(H,19,20). The lowest BCUT2D eigenvalue weighted by atomic mass is 9.89. The van der Waals surface area contributed by atoms with E-state index in [9.17, 15) is 14.7 Å². The lowest BCUT2D eigenvalue weighted by Crippen LogP contribution is -2.38. The predicted octanol–water partition coefficient (Wildman–Crippen LogP) is 2.73. The van der Waals surface area contributed by atoms with Crippen LogP contribution in [0.4, 0.5) is 0 Å². The van der Waals surface area contributed by atoms with E-state index in [0.717, 1.165) is 18.4 Å². The van der Waals surface area contributed by atoms with E-state index in [1.165, 1.54) is 0 Å². The molecule has 0 radical (unpaired) electrons. The maximum Gasteiger partial charge on any atom is 0.308 e. The molecular formula is C15H16ClNO3. The first kappa shape index (κ1) is 13.4. The van der Waals surface area contributed by atoms with E-state index in [-0.39, 0.29) is 18.0 Å². The topological polar surface area (TPSA) is 57.6 Å². The minimum Gasteiger partial charge on any atom is -0.481 e. The van der Waals surface area contributed by atoms with Crippen LogP contribution in [0, 0.1) is 12.8 Å². The van der Waals surface area contributed by atoms with Crippen molar-refractivity contribution in [3.63, 3.8) is 0 Å². The van der Waals surface area contributed by atoms with Crippen LogP contribution in [0.25, 0.3) is 0 Å². The molecule has 2 saturated heterocycles. The van der Waals surface area contributed by atoms with Crippen LogP contribution in [0.15, 0.2) is 18.2 Å². The quantitative estimate of drug-likeness (QED) is 0.912. The van der Waals surface area contributed by atoms with E-state index >= 15 is 0 Å². The fraction of sp³-hybridized carbons (Fsp3) is 0.467. The van der Waals surface area contributed by atoms with Crippen molar-refractivity contribution in [2.45, 2.75) is 38.3 Å². The highest BCUT2D eigenvalue weighted by Crippen LogP contribution is 2.42. The molecule has 1 amide bonds. The van der Waals surface area contributed by atoms with Crippen molar-refractivity contribution in [3.8, 4) is 0 Å². The van der Waals surface area contributed by atoms with E-state index in [1.54, 1.807) is 17.0 Å². The molecule has 5 heteroatoms. The number of halogens is 1. The maximum absolute atomic E-state index is 12.7. The number of hydrogen-bond acceptors (Lipinski definition) is 2. The summed E-state index contributed by atoms with van der Waals surface area (Å²) in [5.74, 6) is -1.30. The van der Waals surface area contributed by atoms with E-state index in [1.807, 2.05) is 13.0 Å². The van der Waals surface area contributed by atoms with Gasteiger partial charge in [0.15, 0.2) is 0 Å². The Kier molecular flexibility index (Phi) is 3.21. The number of carboxylic acids is 1. The Morgan fingerprint density at radius 2 is 2.10 bits per heavy atom. The summed E-state index contributed by atoms with van der Waals surface area (Å²) in [5.41, 5.74) is 1.46. The lowest BCUT2D eigenvalue weighted by molar-refractivity contribution is -0.142. The van der Waals surface area contributed by atoms with Gasteiger partial charge in [0, 0.05) is 22.7 Å². The molecule has 106 valence electrons. The van der Waals surface area contributed by atoms with Gasteiger partial charge < -0.3 is 10.0 Å². The fourth-order valence-electron chi connectivity index (χ4n) is 3.53. The Bertz CT molecular complexity index is 586. The molecule has 0 saturated carbocycles. The predicted molar refractivity (Wildman–Crippen MR) is 74.9 cm³/mol. The minimum absolute atomic E-state index is 0.0620. The highest BCUT2D eigenvalue weighted by molar-refractivity contribution is 6.31. The van der Waals surface area contributed by atoms with Crippen LogP contribution in [0.2, 0.25) is 5.02 Å². The Morgan fingerprint density at radius 3 is 2.75 bits per heavy atom. The van der Waals surface area contributed by atoms with Gasteiger partial charge in [-0.15, -0.1) is 0 Å². The van der Waals surface area contributed by atoms with Gasteiger partial charge in [0.2, 0.25) is 0 Å². The number of carbonyl (C=O) groups excluding carboxylic acids is 1. The first-order valence-corrected chi connectivity index (χ1v) is 7.18. The van der Waals surface area contributed by atoms with Gasteiger partial charge in [-0.2, -0.15) is 0 Å². The number of carboxylic acid groups (broad SMARTS) is 1. The third kappa shape index (κ3) is 1.99. The lowest BCUT2D eigenvalue weighted by Gasteiger charge is -2.24. The number of carbonyl (C=O) groups is 2. The Balaban J connectivity index is 1.92. The average molecular weight is 294 g/mol.